The molecular weight excluding hydrogens is 408 g/mol. The van der Waals surface area contributed by atoms with Crippen molar-refractivity contribution in [2.45, 2.75) is 26.0 Å². The van der Waals surface area contributed by atoms with Gasteiger partial charge in [0, 0.05) is 17.1 Å². The Kier molecular flexibility index (Phi) is 6.93. The molecule has 2 N–H and O–H groups in total. The van der Waals surface area contributed by atoms with Crippen LogP contribution in [0.2, 0.25) is 0 Å². The topological polar surface area (TPSA) is 68.7 Å². The molecule has 2 heterocycles. The van der Waals surface area contributed by atoms with Gasteiger partial charge in [0.2, 0.25) is 0 Å². The number of carbonyl (C=O) groups excluding carboxylic acids is 1. The van der Waals surface area contributed by atoms with Crippen molar-refractivity contribution in [3.8, 4) is 5.75 Å². The maximum absolute atomic E-state index is 12.6. The summed E-state index contributed by atoms with van der Waals surface area (Å²) in [4.78, 5) is 14.4. The highest BCUT2D eigenvalue weighted by molar-refractivity contribution is 9.10. The van der Waals surface area contributed by atoms with E-state index >= 15 is 0 Å². The van der Waals surface area contributed by atoms with Crippen molar-refractivity contribution in [1.29, 1.82) is 0 Å². The highest BCUT2D eigenvalue weighted by Gasteiger charge is 2.33. The minimum atomic E-state index is -0.0767. The van der Waals surface area contributed by atoms with Gasteiger partial charge >= 0.3 is 0 Å². The van der Waals surface area contributed by atoms with Crippen LogP contribution in [0.15, 0.2) is 45.3 Å². The molecule has 1 aliphatic rings. The van der Waals surface area contributed by atoms with E-state index in [1.54, 1.807) is 12.1 Å². The smallest absolute Gasteiger partial charge is 0.289 e. The summed E-state index contributed by atoms with van der Waals surface area (Å²) < 4.78 is 12.3. The molecule has 25 heavy (non-hydrogen) atoms. The van der Waals surface area contributed by atoms with E-state index in [2.05, 4.69) is 15.9 Å². The normalized spacial score (nSPS) is 19.6. The van der Waals surface area contributed by atoms with Crippen molar-refractivity contribution in [3.63, 3.8) is 0 Å². The number of hydrogen-bond acceptors (Lipinski definition) is 4. The zero-order valence-corrected chi connectivity index (χ0v) is 16.4. The van der Waals surface area contributed by atoms with E-state index in [1.165, 1.54) is 0 Å². The molecule has 0 saturated carbocycles. The predicted octanol–water partition coefficient (Wildman–Crippen LogP) is 3.85. The predicted molar refractivity (Wildman–Crippen MR) is 102 cm³/mol. The van der Waals surface area contributed by atoms with Crippen molar-refractivity contribution >= 4 is 34.2 Å². The summed E-state index contributed by atoms with van der Waals surface area (Å²) in [6.45, 7) is 3.64. The number of nitrogens with two attached hydrogens (primary N) is 1. The van der Waals surface area contributed by atoms with Crippen LogP contribution in [-0.2, 0) is 6.61 Å². The Bertz CT molecular complexity index is 722. The quantitative estimate of drug-likeness (QED) is 0.784. The van der Waals surface area contributed by atoms with Crippen LogP contribution >= 0.6 is 28.3 Å². The molecule has 2 unspecified atom stereocenters. The van der Waals surface area contributed by atoms with E-state index in [-0.39, 0.29) is 31.0 Å². The summed E-state index contributed by atoms with van der Waals surface area (Å²) in [6.07, 6.45) is 0.946. The fraction of sp³-hybridized carbons (Fsp3) is 0.389. The molecule has 0 aliphatic carbocycles. The minimum Gasteiger partial charge on any atom is -0.486 e. The number of rotatable bonds is 5. The molecule has 1 aromatic heterocycles. The molecule has 5 nitrogen and oxygen atoms in total. The second kappa shape index (κ2) is 8.74. The van der Waals surface area contributed by atoms with E-state index in [1.807, 2.05) is 36.1 Å². The number of carbonyl (C=O) groups is 1. The monoisotopic (exact) mass is 428 g/mol. The molecule has 136 valence electrons. The summed E-state index contributed by atoms with van der Waals surface area (Å²) >= 11 is 3.40. The first-order valence-electron chi connectivity index (χ1n) is 8.05. The highest BCUT2D eigenvalue weighted by atomic mass is 79.9. The summed E-state index contributed by atoms with van der Waals surface area (Å²) in [7, 11) is 0. The second-order valence-electron chi connectivity index (χ2n) is 6.16. The van der Waals surface area contributed by atoms with Gasteiger partial charge in [0.25, 0.3) is 5.91 Å². The summed E-state index contributed by atoms with van der Waals surface area (Å²) in [5.41, 5.74) is 5.73. The number of amides is 1. The molecule has 0 spiro atoms. The van der Waals surface area contributed by atoms with E-state index in [9.17, 15) is 4.79 Å². The lowest BCUT2D eigenvalue weighted by molar-refractivity contribution is 0.0707. The SMILES string of the molecule is CC1CC(CN)CN1C(=O)c1ccc(COc2cccc(Br)c2)o1.Cl. The maximum Gasteiger partial charge on any atom is 0.289 e. The zero-order valence-electron chi connectivity index (χ0n) is 14.0. The van der Waals surface area contributed by atoms with Gasteiger partial charge in [-0.05, 0) is 56.1 Å². The Balaban J connectivity index is 0.00000225. The first-order chi connectivity index (χ1) is 11.6. The first-order valence-corrected chi connectivity index (χ1v) is 8.84. The lowest BCUT2D eigenvalue weighted by Crippen LogP contribution is -2.34. The van der Waals surface area contributed by atoms with Gasteiger partial charge in [0.15, 0.2) is 5.76 Å². The third kappa shape index (κ3) is 4.77. The Labute approximate surface area is 162 Å². The van der Waals surface area contributed by atoms with Crippen LogP contribution < -0.4 is 10.5 Å². The average molecular weight is 430 g/mol. The number of halogens is 2. The van der Waals surface area contributed by atoms with Gasteiger partial charge in [0.05, 0.1) is 0 Å². The Morgan fingerprint density at radius 1 is 1.40 bits per heavy atom. The van der Waals surface area contributed by atoms with Crippen LogP contribution in [0.5, 0.6) is 5.75 Å². The fourth-order valence-electron chi connectivity index (χ4n) is 3.02. The fourth-order valence-corrected chi connectivity index (χ4v) is 3.40. The minimum absolute atomic E-state index is 0. The standard InChI is InChI=1S/C18H21BrN2O3.ClH/c1-12-7-13(9-20)10-21(12)18(22)17-6-5-16(24-17)11-23-15-4-2-3-14(19)8-15;/h2-6,8,12-13H,7,9-11,20H2,1H3;1H. The largest absolute Gasteiger partial charge is 0.486 e. The summed E-state index contributed by atoms with van der Waals surface area (Å²) in [6, 6.07) is 11.3. The molecule has 0 radical (unpaired) electrons. The van der Waals surface area contributed by atoms with Crippen molar-refractivity contribution in [2.24, 2.45) is 11.7 Å². The summed E-state index contributed by atoms with van der Waals surface area (Å²) in [5, 5.41) is 0. The van der Waals surface area contributed by atoms with Crippen LogP contribution in [-0.4, -0.2) is 29.9 Å². The number of likely N-dealkylation sites (tertiary alicyclic amines) is 1. The van der Waals surface area contributed by atoms with Crippen LogP contribution in [0, 0.1) is 5.92 Å². The zero-order chi connectivity index (χ0) is 17.1. The van der Waals surface area contributed by atoms with E-state index in [0.717, 1.165) is 16.6 Å². The van der Waals surface area contributed by atoms with Crippen molar-refractivity contribution in [1.82, 2.24) is 4.90 Å². The first kappa shape index (κ1) is 19.8. The van der Waals surface area contributed by atoms with Gasteiger partial charge in [-0.25, -0.2) is 0 Å². The number of furan rings is 1. The van der Waals surface area contributed by atoms with Gasteiger partial charge in [-0.2, -0.15) is 0 Å². The maximum atomic E-state index is 12.6. The molecular formula is C18H22BrClN2O3. The number of benzene rings is 1. The van der Waals surface area contributed by atoms with E-state index in [0.29, 0.717) is 30.5 Å². The third-order valence-corrected chi connectivity index (χ3v) is 4.80. The molecule has 3 rings (SSSR count). The van der Waals surface area contributed by atoms with Gasteiger partial charge in [-0.1, -0.05) is 22.0 Å². The van der Waals surface area contributed by atoms with E-state index in [4.69, 9.17) is 14.9 Å². The number of hydrogen-bond donors (Lipinski definition) is 1. The molecule has 1 fully saturated rings. The van der Waals surface area contributed by atoms with Gasteiger partial charge in [0.1, 0.15) is 18.1 Å². The van der Waals surface area contributed by atoms with E-state index < -0.39 is 0 Å². The molecule has 1 aliphatic heterocycles. The Hall–Kier alpha value is -1.50. The van der Waals surface area contributed by atoms with Crippen LogP contribution in [0.4, 0.5) is 0 Å². The van der Waals surface area contributed by atoms with Crippen molar-refractivity contribution < 1.29 is 13.9 Å². The lowest BCUT2D eigenvalue weighted by atomic mass is 10.1. The van der Waals surface area contributed by atoms with Crippen LogP contribution in [0.3, 0.4) is 0 Å². The molecule has 7 heteroatoms. The van der Waals surface area contributed by atoms with Crippen molar-refractivity contribution in [2.75, 3.05) is 13.1 Å². The molecule has 1 saturated heterocycles. The number of nitrogens with zero attached hydrogens (tertiary/aromatic N) is 1. The molecule has 1 aromatic carbocycles. The Morgan fingerprint density at radius 2 is 2.20 bits per heavy atom. The third-order valence-electron chi connectivity index (χ3n) is 4.31. The highest BCUT2D eigenvalue weighted by Crippen LogP contribution is 2.25. The molecule has 2 aromatic rings. The molecule has 2 atom stereocenters. The van der Waals surface area contributed by atoms with Crippen molar-refractivity contribution in [3.05, 3.63) is 52.4 Å². The van der Waals surface area contributed by atoms with Gasteiger partial charge in [-0.3, -0.25) is 4.79 Å². The van der Waals surface area contributed by atoms with Gasteiger partial charge < -0.3 is 19.8 Å². The lowest BCUT2D eigenvalue weighted by Gasteiger charge is -2.20. The molecule has 1 amide bonds. The number of ether oxygens (including phenoxy) is 1. The second-order valence-corrected chi connectivity index (χ2v) is 7.07. The molecule has 0 bridgehead atoms. The van der Waals surface area contributed by atoms with Gasteiger partial charge in [-0.15, -0.1) is 12.4 Å². The summed E-state index contributed by atoms with van der Waals surface area (Å²) in [5.74, 6) is 2.02. The average Bonchev–Trinajstić information content (AvgIpc) is 3.19. The van der Waals surface area contributed by atoms with Crippen LogP contribution in [0.1, 0.15) is 29.7 Å². The van der Waals surface area contributed by atoms with Crippen LogP contribution in [0.25, 0.3) is 0 Å². The Morgan fingerprint density at radius 3 is 2.88 bits per heavy atom.